The summed E-state index contributed by atoms with van der Waals surface area (Å²) in [6.07, 6.45) is 1.66. The van der Waals surface area contributed by atoms with Gasteiger partial charge in [-0.25, -0.2) is 4.79 Å². The van der Waals surface area contributed by atoms with Crippen LogP contribution in [0.3, 0.4) is 0 Å². The topological polar surface area (TPSA) is 89.8 Å². The largest absolute Gasteiger partial charge is 0.479 e. The maximum absolute atomic E-state index is 10.2. The molecule has 134 valence electrons. The van der Waals surface area contributed by atoms with E-state index in [9.17, 15) is 9.90 Å². The van der Waals surface area contributed by atoms with Crippen molar-refractivity contribution in [1.29, 1.82) is 0 Å². The molecule has 0 heterocycles. The van der Waals surface area contributed by atoms with Crippen LogP contribution in [0.1, 0.15) is 36.5 Å². The Morgan fingerprint density at radius 3 is 2.16 bits per heavy atom. The van der Waals surface area contributed by atoms with Crippen molar-refractivity contribution in [2.45, 2.75) is 44.1 Å². The van der Waals surface area contributed by atoms with Gasteiger partial charge in [-0.15, -0.1) is 0 Å². The zero-order valence-corrected chi connectivity index (χ0v) is 14.1. The number of nitrogens with one attached hydrogen (secondary N) is 1. The normalized spacial score (nSPS) is 20.4. The van der Waals surface area contributed by atoms with Gasteiger partial charge in [0.2, 0.25) is 0 Å². The summed E-state index contributed by atoms with van der Waals surface area (Å²) >= 11 is 0. The SMILES string of the molecule is O=C(O)[C@@H](O)c1ccccc1.O[C@H]1CCC[C@@H]1NCc1ccccc1. The standard InChI is InChI=1S/C12H17NO.C8H8O3/c14-12-8-4-7-11(12)13-9-10-5-2-1-3-6-10;9-7(8(10)11)6-4-2-1-3-5-6/h1-3,5-6,11-14H,4,7-9H2;1-5,7,9H,(H,10,11)/t11-,12-;7-/m00/s1. The zero-order chi connectivity index (χ0) is 18.1. The second-order valence-corrected chi connectivity index (χ2v) is 6.12. The van der Waals surface area contributed by atoms with Gasteiger partial charge in [0.05, 0.1) is 6.10 Å². The lowest BCUT2D eigenvalue weighted by Crippen LogP contribution is -2.34. The van der Waals surface area contributed by atoms with Crippen LogP contribution in [0.25, 0.3) is 0 Å². The van der Waals surface area contributed by atoms with Crippen molar-refractivity contribution in [3.05, 3.63) is 71.8 Å². The number of hydrogen-bond acceptors (Lipinski definition) is 4. The highest BCUT2D eigenvalue weighted by molar-refractivity contribution is 5.73. The van der Waals surface area contributed by atoms with E-state index in [4.69, 9.17) is 10.2 Å². The van der Waals surface area contributed by atoms with Gasteiger partial charge in [0.1, 0.15) is 0 Å². The van der Waals surface area contributed by atoms with Crippen LogP contribution in [0, 0.1) is 0 Å². The Hall–Kier alpha value is -2.21. The number of aliphatic carboxylic acids is 1. The molecule has 0 bridgehead atoms. The number of carbonyl (C=O) groups is 1. The number of rotatable bonds is 5. The van der Waals surface area contributed by atoms with Crippen LogP contribution in [0.4, 0.5) is 0 Å². The third kappa shape index (κ3) is 6.31. The highest BCUT2D eigenvalue weighted by Gasteiger charge is 2.24. The molecule has 1 saturated carbocycles. The second-order valence-electron chi connectivity index (χ2n) is 6.12. The average molecular weight is 343 g/mol. The van der Waals surface area contributed by atoms with Crippen molar-refractivity contribution in [2.24, 2.45) is 0 Å². The minimum Gasteiger partial charge on any atom is -0.479 e. The van der Waals surface area contributed by atoms with Crippen molar-refractivity contribution in [3.63, 3.8) is 0 Å². The molecule has 1 aliphatic rings. The van der Waals surface area contributed by atoms with Crippen molar-refractivity contribution in [2.75, 3.05) is 0 Å². The summed E-state index contributed by atoms with van der Waals surface area (Å²) in [5, 5.41) is 30.4. The van der Waals surface area contributed by atoms with Crippen LogP contribution in [0.5, 0.6) is 0 Å². The summed E-state index contributed by atoms with van der Waals surface area (Å²) in [7, 11) is 0. The van der Waals surface area contributed by atoms with E-state index in [1.54, 1.807) is 30.3 Å². The molecule has 2 aromatic carbocycles. The van der Waals surface area contributed by atoms with Crippen LogP contribution in [0.2, 0.25) is 0 Å². The molecule has 25 heavy (non-hydrogen) atoms. The lowest BCUT2D eigenvalue weighted by atomic mass is 10.1. The smallest absolute Gasteiger partial charge is 0.337 e. The molecule has 0 saturated heterocycles. The van der Waals surface area contributed by atoms with Gasteiger partial charge in [-0.2, -0.15) is 0 Å². The highest BCUT2D eigenvalue weighted by atomic mass is 16.4. The van der Waals surface area contributed by atoms with Gasteiger partial charge in [0.25, 0.3) is 0 Å². The lowest BCUT2D eigenvalue weighted by Gasteiger charge is -2.16. The maximum Gasteiger partial charge on any atom is 0.337 e. The first kappa shape index (κ1) is 19.1. The number of aliphatic hydroxyl groups excluding tert-OH is 2. The summed E-state index contributed by atoms with van der Waals surface area (Å²) in [4.78, 5) is 10.2. The van der Waals surface area contributed by atoms with E-state index in [-0.39, 0.29) is 6.10 Å². The number of carboxylic acid groups (broad SMARTS) is 1. The molecular formula is C20H25NO4. The average Bonchev–Trinajstić information content (AvgIpc) is 3.06. The van der Waals surface area contributed by atoms with E-state index in [2.05, 4.69) is 17.4 Å². The molecule has 5 nitrogen and oxygen atoms in total. The quantitative estimate of drug-likeness (QED) is 0.670. The van der Waals surface area contributed by atoms with Crippen molar-refractivity contribution in [3.8, 4) is 0 Å². The van der Waals surface area contributed by atoms with Gasteiger partial charge in [0.15, 0.2) is 6.10 Å². The van der Waals surface area contributed by atoms with Gasteiger partial charge in [0, 0.05) is 12.6 Å². The molecule has 4 N–H and O–H groups in total. The second kappa shape index (κ2) is 9.93. The first-order chi connectivity index (χ1) is 12.1. The molecule has 0 radical (unpaired) electrons. The van der Waals surface area contributed by atoms with Crippen LogP contribution < -0.4 is 5.32 Å². The van der Waals surface area contributed by atoms with Gasteiger partial charge < -0.3 is 20.6 Å². The molecular weight excluding hydrogens is 318 g/mol. The van der Waals surface area contributed by atoms with E-state index in [1.165, 1.54) is 5.56 Å². The van der Waals surface area contributed by atoms with Gasteiger partial charge in [-0.3, -0.25) is 0 Å². The number of benzene rings is 2. The van der Waals surface area contributed by atoms with Crippen LogP contribution in [-0.4, -0.2) is 33.4 Å². The molecule has 1 fully saturated rings. The molecule has 0 amide bonds. The molecule has 3 rings (SSSR count). The van der Waals surface area contributed by atoms with Crippen LogP contribution >= 0.6 is 0 Å². The minimum atomic E-state index is -1.41. The van der Waals surface area contributed by atoms with Gasteiger partial charge in [-0.1, -0.05) is 60.7 Å². The summed E-state index contributed by atoms with van der Waals surface area (Å²) in [6.45, 7) is 0.864. The Bertz CT molecular complexity index is 633. The van der Waals surface area contributed by atoms with Crippen LogP contribution in [0.15, 0.2) is 60.7 Å². The molecule has 3 atom stereocenters. The fourth-order valence-corrected chi connectivity index (χ4v) is 2.80. The van der Waals surface area contributed by atoms with Crippen LogP contribution in [-0.2, 0) is 11.3 Å². The Kier molecular flexibility index (Phi) is 7.60. The predicted molar refractivity (Wildman–Crippen MR) is 96.0 cm³/mol. The monoisotopic (exact) mass is 343 g/mol. The van der Waals surface area contributed by atoms with Crippen molar-refractivity contribution in [1.82, 2.24) is 5.32 Å². The van der Waals surface area contributed by atoms with E-state index in [0.29, 0.717) is 11.6 Å². The summed E-state index contributed by atoms with van der Waals surface area (Å²) in [6, 6.07) is 18.9. The molecule has 1 aliphatic carbocycles. The summed E-state index contributed by atoms with van der Waals surface area (Å²) < 4.78 is 0. The lowest BCUT2D eigenvalue weighted by molar-refractivity contribution is -0.146. The van der Waals surface area contributed by atoms with Gasteiger partial charge >= 0.3 is 5.97 Å². The zero-order valence-electron chi connectivity index (χ0n) is 14.1. The van der Waals surface area contributed by atoms with E-state index >= 15 is 0 Å². The maximum atomic E-state index is 10.2. The number of aliphatic hydroxyl groups is 2. The molecule has 0 spiro atoms. The predicted octanol–water partition coefficient (Wildman–Crippen LogP) is 2.49. The van der Waals surface area contributed by atoms with Crippen molar-refractivity contribution < 1.29 is 20.1 Å². The Labute approximate surface area is 148 Å². The summed E-state index contributed by atoms with van der Waals surface area (Å²) in [5.74, 6) is -1.23. The molecule has 0 aliphatic heterocycles. The molecule has 5 heteroatoms. The van der Waals surface area contributed by atoms with E-state index in [1.807, 2.05) is 18.2 Å². The first-order valence-electron chi connectivity index (χ1n) is 8.49. The van der Waals surface area contributed by atoms with E-state index < -0.39 is 12.1 Å². The molecule has 0 aromatic heterocycles. The Morgan fingerprint density at radius 1 is 1.04 bits per heavy atom. The third-order valence-electron chi connectivity index (χ3n) is 4.24. The Balaban J connectivity index is 0.000000186. The Morgan fingerprint density at radius 2 is 1.64 bits per heavy atom. The minimum absolute atomic E-state index is 0.140. The fourth-order valence-electron chi connectivity index (χ4n) is 2.80. The number of carboxylic acids is 1. The molecule has 2 aromatic rings. The summed E-state index contributed by atoms with van der Waals surface area (Å²) in [5.41, 5.74) is 1.69. The molecule has 0 unspecified atom stereocenters. The van der Waals surface area contributed by atoms with Crippen molar-refractivity contribution >= 4 is 5.97 Å². The fraction of sp³-hybridized carbons (Fsp3) is 0.350. The first-order valence-corrected chi connectivity index (χ1v) is 8.49. The van der Waals surface area contributed by atoms with E-state index in [0.717, 1.165) is 25.8 Å². The highest BCUT2D eigenvalue weighted by Crippen LogP contribution is 2.19. The number of hydrogen-bond donors (Lipinski definition) is 4. The van der Waals surface area contributed by atoms with Gasteiger partial charge in [-0.05, 0) is 30.4 Å². The third-order valence-corrected chi connectivity index (χ3v) is 4.24.